The van der Waals surface area contributed by atoms with Gasteiger partial charge in [0.1, 0.15) is 0 Å². The van der Waals surface area contributed by atoms with Crippen LogP contribution >= 0.6 is 11.6 Å². The topological polar surface area (TPSA) is 17.1 Å². The van der Waals surface area contributed by atoms with Gasteiger partial charge in [0.15, 0.2) is 0 Å². The van der Waals surface area contributed by atoms with Crippen LogP contribution < -0.4 is 0 Å². The smallest absolute Gasteiger partial charge is 0.228 e. The quantitative estimate of drug-likeness (QED) is 0.713. The van der Waals surface area contributed by atoms with E-state index < -0.39 is 0 Å². The van der Waals surface area contributed by atoms with Crippen LogP contribution in [0, 0.1) is 12.8 Å². The monoisotopic (exact) mass is 234 g/mol. The summed E-state index contributed by atoms with van der Waals surface area (Å²) >= 11 is 5.61. The van der Waals surface area contributed by atoms with E-state index >= 15 is 0 Å². The number of allylic oxidation sites excluding steroid dienone is 2. The van der Waals surface area contributed by atoms with E-state index in [-0.39, 0.29) is 11.2 Å². The molecule has 1 aliphatic carbocycles. The Balaban J connectivity index is 2.52. The minimum absolute atomic E-state index is 0.204. The van der Waals surface area contributed by atoms with E-state index in [1.807, 2.05) is 6.92 Å². The molecule has 16 heavy (non-hydrogen) atoms. The molecule has 1 unspecified atom stereocenters. The third kappa shape index (κ3) is 1.80. The molecule has 0 spiro atoms. The predicted octanol–water partition coefficient (Wildman–Crippen LogP) is 3.73. The minimum atomic E-state index is -0.274. The lowest BCUT2D eigenvalue weighted by atomic mass is 9.94. The summed E-state index contributed by atoms with van der Waals surface area (Å²) in [7, 11) is 0. The maximum Gasteiger partial charge on any atom is 0.228 e. The summed E-state index contributed by atoms with van der Waals surface area (Å²) in [6.45, 7) is 6.03. The molecule has 0 radical (unpaired) electrons. The fourth-order valence-corrected chi connectivity index (χ4v) is 2.53. The largest absolute Gasteiger partial charge is 0.281 e. The molecule has 0 aromatic heterocycles. The van der Waals surface area contributed by atoms with Crippen LogP contribution in [0.15, 0.2) is 23.8 Å². The van der Waals surface area contributed by atoms with Crippen molar-refractivity contribution in [3.8, 4) is 0 Å². The van der Waals surface area contributed by atoms with Gasteiger partial charge in [-0.1, -0.05) is 36.3 Å². The number of carbonyl (C=O) groups excluding carboxylic acids is 1. The predicted molar refractivity (Wildman–Crippen MR) is 67.5 cm³/mol. The van der Waals surface area contributed by atoms with Gasteiger partial charge in [0.05, 0.1) is 5.92 Å². The van der Waals surface area contributed by atoms with Crippen LogP contribution in [0.4, 0.5) is 0 Å². The molecule has 1 nitrogen and oxygen atoms in total. The van der Waals surface area contributed by atoms with Gasteiger partial charge in [-0.15, -0.1) is 0 Å². The van der Waals surface area contributed by atoms with E-state index in [0.717, 1.165) is 12.0 Å². The summed E-state index contributed by atoms with van der Waals surface area (Å²) in [6, 6.07) is 6.41. The Bertz CT molecular complexity index is 486. The first-order chi connectivity index (χ1) is 7.50. The highest BCUT2D eigenvalue weighted by atomic mass is 35.5. The van der Waals surface area contributed by atoms with Crippen LogP contribution in [0.3, 0.4) is 0 Å². The summed E-state index contributed by atoms with van der Waals surface area (Å²) in [4.78, 5) is 11.3. The third-order valence-corrected chi connectivity index (χ3v) is 3.57. The van der Waals surface area contributed by atoms with Gasteiger partial charge in [0.2, 0.25) is 5.24 Å². The molecule has 2 heteroatoms. The van der Waals surface area contributed by atoms with Gasteiger partial charge >= 0.3 is 0 Å². The van der Waals surface area contributed by atoms with Crippen molar-refractivity contribution >= 4 is 22.4 Å². The number of rotatable bonds is 2. The van der Waals surface area contributed by atoms with Gasteiger partial charge in [-0.25, -0.2) is 0 Å². The summed E-state index contributed by atoms with van der Waals surface area (Å²) in [5.74, 6) is -0.204. The van der Waals surface area contributed by atoms with E-state index in [9.17, 15) is 4.79 Å². The van der Waals surface area contributed by atoms with Gasteiger partial charge in [-0.2, -0.15) is 0 Å². The van der Waals surface area contributed by atoms with Crippen molar-refractivity contribution < 1.29 is 4.79 Å². The van der Waals surface area contributed by atoms with Crippen LogP contribution in [0.1, 0.15) is 30.5 Å². The summed E-state index contributed by atoms with van der Waals surface area (Å²) in [5, 5.41) is -0.274. The van der Waals surface area contributed by atoms with Crippen molar-refractivity contribution in [2.45, 2.75) is 27.2 Å². The first kappa shape index (κ1) is 11.4. The van der Waals surface area contributed by atoms with Crippen molar-refractivity contribution in [1.29, 1.82) is 0 Å². The van der Waals surface area contributed by atoms with Crippen LogP contribution in [0.25, 0.3) is 5.57 Å². The Labute approximate surface area is 101 Å². The minimum Gasteiger partial charge on any atom is -0.281 e. The molecular weight excluding hydrogens is 220 g/mol. The standard InChI is InChI=1S/C14H15ClO/c1-8-4-5-11-7-9(2)13(12(11)6-8)10(3)14(15)16/h4-6,10H,7H2,1-3H3. The average Bonchev–Trinajstić information content (AvgIpc) is 2.52. The zero-order valence-corrected chi connectivity index (χ0v) is 10.6. The highest BCUT2D eigenvalue weighted by Gasteiger charge is 2.26. The van der Waals surface area contributed by atoms with E-state index in [1.165, 1.54) is 22.3 Å². The molecule has 0 N–H and O–H groups in total. The highest BCUT2D eigenvalue weighted by Crippen LogP contribution is 2.38. The molecule has 1 aromatic rings. The fourth-order valence-electron chi connectivity index (χ4n) is 2.42. The van der Waals surface area contributed by atoms with Crippen molar-refractivity contribution in [2.24, 2.45) is 5.92 Å². The molecule has 1 aliphatic rings. The second kappa shape index (κ2) is 4.06. The second-order valence-electron chi connectivity index (χ2n) is 4.56. The van der Waals surface area contributed by atoms with Gasteiger partial charge in [0.25, 0.3) is 0 Å². The molecule has 1 aromatic carbocycles. The Morgan fingerprint density at radius 2 is 2.06 bits per heavy atom. The molecule has 2 rings (SSSR count). The average molecular weight is 235 g/mol. The number of hydrogen-bond donors (Lipinski definition) is 0. The van der Waals surface area contributed by atoms with Gasteiger partial charge in [-0.3, -0.25) is 4.79 Å². The number of halogens is 1. The van der Waals surface area contributed by atoms with Crippen LogP contribution in [-0.4, -0.2) is 5.24 Å². The second-order valence-corrected chi connectivity index (χ2v) is 4.93. The lowest BCUT2D eigenvalue weighted by Gasteiger charge is -2.12. The van der Waals surface area contributed by atoms with Crippen LogP contribution in [0.2, 0.25) is 0 Å². The number of hydrogen-bond acceptors (Lipinski definition) is 1. The van der Waals surface area contributed by atoms with Crippen molar-refractivity contribution in [2.75, 3.05) is 0 Å². The zero-order chi connectivity index (χ0) is 11.9. The SMILES string of the molecule is CC1=C(C(C)C(=O)Cl)c2cc(C)ccc2C1. The number of aryl methyl sites for hydroxylation is 1. The first-order valence-electron chi connectivity index (χ1n) is 5.49. The van der Waals surface area contributed by atoms with Crippen molar-refractivity contribution in [1.82, 2.24) is 0 Å². The zero-order valence-electron chi connectivity index (χ0n) is 9.80. The van der Waals surface area contributed by atoms with Gasteiger partial charge < -0.3 is 0 Å². The third-order valence-electron chi connectivity index (χ3n) is 3.24. The number of benzene rings is 1. The molecule has 0 amide bonds. The highest BCUT2D eigenvalue weighted by molar-refractivity contribution is 6.64. The van der Waals surface area contributed by atoms with Crippen molar-refractivity contribution in [3.05, 3.63) is 40.5 Å². The van der Waals surface area contributed by atoms with E-state index in [0.29, 0.717) is 0 Å². The maximum atomic E-state index is 11.3. The lowest BCUT2D eigenvalue weighted by Crippen LogP contribution is -2.06. The number of carbonyl (C=O) groups is 1. The lowest BCUT2D eigenvalue weighted by molar-refractivity contribution is -0.113. The van der Waals surface area contributed by atoms with Crippen molar-refractivity contribution in [3.63, 3.8) is 0 Å². The molecule has 0 aliphatic heterocycles. The Morgan fingerprint density at radius 1 is 1.38 bits per heavy atom. The Kier molecular flexibility index (Phi) is 2.90. The molecular formula is C14H15ClO. The van der Waals surface area contributed by atoms with E-state index in [2.05, 4.69) is 32.0 Å². The first-order valence-corrected chi connectivity index (χ1v) is 5.87. The van der Waals surface area contributed by atoms with Crippen LogP contribution in [0.5, 0.6) is 0 Å². The molecule has 1 atom stereocenters. The Morgan fingerprint density at radius 3 is 2.69 bits per heavy atom. The molecule has 0 heterocycles. The molecule has 0 fully saturated rings. The fraction of sp³-hybridized carbons (Fsp3) is 0.357. The summed E-state index contributed by atoms with van der Waals surface area (Å²) in [6.07, 6.45) is 0.944. The molecule has 0 bridgehead atoms. The van der Waals surface area contributed by atoms with Gasteiger partial charge in [-0.05, 0) is 48.6 Å². The summed E-state index contributed by atoms with van der Waals surface area (Å²) in [5.41, 5.74) is 6.13. The number of fused-ring (bicyclic) bond motifs is 1. The maximum absolute atomic E-state index is 11.3. The summed E-state index contributed by atoms with van der Waals surface area (Å²) < 4.78 is 0. The normalized spacial score (nSPS) is 16.2. The molecule has 0 saturated carbocycles. The van der Waals surface area contributed by atoms with Gasteiger partial charge in [0, 0.05) is 0 Å². The molecule has 0 saturated heterocycles. The van der Waals surface area contributed by atoms with E-state index in [1.54, 1.807) is 0 Å². The van der Waals surface area contributed by atoms with Crippen LogP contribution in [-0.2, 0) is 11.2 Å². The van der Waals surface area contributed by atoms with E-state index in [4.69, 9.17) is 11.6 Å². The Hall–Kier alpha value is -1.08. The molecule has 84 valence electrons.